The van der Waals surface area contributed by atoms with Crippen molar-refractivity contribution in [2.75, 3.05) is 0 Å². The lowest BCUT2D eigenvalue weighted by atomic mass is 9.82. The van der Waals surface area contributed by atoms with Crippen LogP contribution in [-0.4, -0.2) is 9.55 Å². The molecule has 1 aliphatic carbocycles. The highest BCUT2D eigenvalue weighted by atomic mass is 15.0. The highest BCUT2D eigenvalue weighted by Gasteiger charge is 2.37. The second-order valence-electron chi connectivity index (χ2n) is 19.5. The van der Waals surface area contributed by atoms with Gasteiger partial charge in [-0.15, -0.1) is 0 Å². The van der Waals surface area contributed by atoms with Gasteiger partial charge in [0, 0.05) is 33.0 Å². The van der Waals surface area contributed by atoms with E-state index in [9.17, 15) is 0 Å². The number of hydrogen-bond acceptors (Lipinski definition) is 1. The number of hydrogen-bond donors (Lipinski definition) is 0. The molecule has 328 valence electrons. The maximum Gasteiger partial charge on any atom is 0.0722 e. The Bertz CT molecular complexity index is 4220. The topological polar surface area (TPSA) is 17.8 Å². The van der Waals surface area contributed by atoms with Gasteiger partial charge in [0.2, 0.25) is 0 Å². The van der Waals surface area contributed by atoms with Gasteiger partial charge in [0.15, 0.2) is 0 Å². The van der Waals surface area contributed by atoms with Gasteiger partial charge in [-0.2, -0.15) is 0 Å². The molecular weight excluding hydrogens is 845 g/mol. The van der Waals surface area contributed by atoms with Crippen LogP contribution in [0.25, 0.3) is 127 Å². The van der Waals surface area contributed by atoms with Crippen LogP contribution >= 0.6 is 0 Å². The molecule has 0 bridgehead atoms. The van der Waals surface area contributed by atoms with E-state index in [-0.39, 0.29) is 5.41 Å². The zero-order valence-corrected chi connectivity index (χ0v) is 39.0. The van der Waals surface area contributed by atoms with Crippen molar-refractivity contribution < 1.29 is 0 Å². The molecule has 0 radical (unpaired) electrons. The lowest BCUT2D eigenvalue weighted by molar-refractivity contribution is 0.660. The normalized spacial score (nSPS) is 12.8. The number of fused-ring (bicyclic) bond motifs is 12. The van der Waals surface area contributed by atoms with Crippen molar-refractivity contribution in [3.63, 3.8) is 0 Å². The van der Waals surface area contributed by atoms with Crippen molar-refractivity contribution >= 4 is 54.1 Å². The van der Waals surface area contributed by atoms with E-state index >= 15 is 0 Å². The first-order valence-electron chi connectivity index (χ1n) is 24.4. The second-order valence-corrected chi connectivity index (χ2v) is 19.5. The molecule has 0 fully saturated rings. The van der Waals surface area contributed by atoms with Crippen molar-refractivity contribution in [3.8, 4) is 72.7 Å². The molecule has 14 rings (SSSR count). The summed E-state index contributed by atoms with van der Waals surface area (Å²) in [6.45, 7) is 4.70. The Balaban J connectivity index is 1.06. The lowest BCUT2D eigenvalue weighted by Gasteiger charge is -2.21. The van der Waals surface area contributed by atoms with Gasteiger partial charge in [-0.1, -0.05) is 208 Å². The highest BCUT2D eigenvalue weighted by molar-refractivity contribution is 6.25. The fourth-order valence-corrected chi connectivity index (χ4v) is 11.8. The first-order chi connectivity index (χ1) is 34.5. The molecule has 0 atom stereocenters. The van der Waals surface area contributed by atoms with Gasteiger partial charge in [-0.05, 0) is 136 Å². The third-order valence-corrected chi connectivity index (χ3v) is 15.1. The third-order valence-electron chi connectivity index (χ3n) is 15.1. The minimum absolute atomic E-state index is 0.134. The molecule has 2 heteroatoms. The first kappa shape index (κ1) is 40.2. The lowest BCUT2D eigenvalue weighted by Crippen LogP contribution is -2.14. The van der Waals surface area contributed by atoms with Crippen LogP contribution in [0.2, 0.25) is 0 Å². The summed E-state index contributed by atoms with van der Waals surface area (Å²) in [6, 6.07) is 89.4. The van der Waals surface area contributed by atoms with Crippen LogP contribution in [0.5, 0.6) is 0 Å². The molecule has 0 unspecified atom stereocenters. The largest absolute Gasteiger partial charge is 0.309 e. The van der Waals surface area contributed by atoms with Gasteiger partial charge in [-0.3, -0.25) is 0 Å². The molecule has 0 spiro atoms. The Hall–Kier alpha value is -8.85. The molecule has 1 aliphatic rings. The number of benzene rings is 11. The van der Waals surface area contributed by atoms with E-state index in [1.54, 1.807) is 0 Å². The molecule has 13 aromatic rings. The van der Waals surface area contributed by atoms with E-state index in [2.05, 4.69) is 261 Å². The van der Waals surface area contributed by atoms with E-state index in [1.165, 1.54) is 76.5 Å². The smallest absolute Gasteiger partial charge is 0.0722 e. The SMILES string of the molecule is CC1(C)c2ccccc2-c2c(-c3cc(-c4ccccc4)cc(-c4cc(-c5ccc6c7ccccc7c7ccccc7c6c5)cc(-n5c6ccccc6c6ccc(-c7ccccc7)cc65)c4)n3)cccc21. The molecule has 70 heavy (non-hydrogen) atoms. The summed E-state index contributed by atoms with van der Waals surface area (Å²) in [7, 11) is 0. The Morgan fingerprint density at radius 3 is 1.53 bits per heavy atom. The van der Waals surface area contributed by atoms with Crippen LogP contribution in [0, 0.1) is 0 Å². The quantitative estimate of drug-likeness (QED) is 0.152. The standard InChI is InChI=1S/C68H46N2/c1-68(2)61-29-15-13-27-58(61)67-59(28-17-30-62(67)68)64-41-48(44-20-7-4-8-21-44)40-63(69-64)49-36-47(45-32-34-55-53-24-10-9-22-51(53)52-23-11-12-25-54(52)60(55)39-45)37-50(38-49)70-65-31-16-14-26-56(65)57-35-33-46(42-66(57)70)43-18-5-3-6-19-43/h3-42H,1-2H3. The van der Waals surface area contributed by atoms with E-state index in [4.69, 9.17) is 4.98 Å². The second kappa shape index (κ2) is 15.6. The van der Waals surface area contributed by atoms with Crippen LogP contribution in [-0.2, 0) is 5.41 Å². The fourth-order valence-electron chi connectivity index (χ4n) is 11.8. The van der Waals surface area contributed by atoms with Crippen LogP contribution in [0.15, 0.2) is 243 Å². The fraction of sp³-hybridized carbons (Fsp3) is 0.0441. The Morgan fingerprint density at radius 1 is 0.300 bits per heavy atom. The summed E-state index contributed by atoms with van der Waals surface area (Å²) in [5.74, 6) is 0. The van der Waals surface area contributed by atoms with E-state index in [1.807, 2.05) is 0 Å². The maximum atomic E-state index is 5.75. The van der Waals surface area contributed by atoms with Crippen molar-refractivity contribution in [2.24, 2.45) is 0 Å². The molecule has 0 amide bonds. The number of pyridine rings is 1. The van der Waals surface area contributed by atoms with Crippen LogP contribution < -0.4 is 0 Å². The van der Waals surface area contributed by atoms with Crippen molar-refractivity contribution in [3.05, 3.63) is 254 Å². The molecule has 11 aromatic carbocycles. The van der Waals surface area contributed by atoms with Crippen molar-refractivity contribution in [2.45, 2.75) is 19.3 Å². The molecule has 0 aliphatic heterocycles. The molecule has 0 saturated carbocycles. The molecule has 0 N–H and O–H groups in total. The Morgan fingerprint density at radius 2 is 0.800 bits per heavy atom. The van der Waals surface area contributed by atoms with Gasteiger partial charge in [-0.25, -0.2) is 4.98 Å². The molecule has 2 nitrogen and oxygen atoms in total. The van der Waals surface area contributed by atoms with E-state index < -0.39 is 0 Å². The van der Waals surface area contributed by atoms with E-state index in [0.29, 0.717) is 0 Å². The zero-order valence-electron chi connectivity index (χ0n) is 39.0. The number of para-hydroxylation sites is 1. The van der Waals surface area contributed by atoms with E-state index in [0.717, 1.165) is 61.5 Å². The number of rotatable bonds is 6. The predicted molar refractivity (Wildman–Crippen MR) is 296 cm³/mol. The summed E-state index contributed by atoms with van der Waals surface area (Å²) >= 11 is 0. The molecule has 0 saturated heterocycles. The van der Waals surface area contributed by atoms with Gasteiger partial charge in [0.25, 0.3) is 0 Å². The Labute approximate surface area is 407 Å². The van der Waals surface area contributed by atoms with Crippen molar-refractivity contribution in [1.82, 2.24) is 9.55 Å². The average molecular weight is 891 g/mol. The number of nitrogens with zero attached hydrogens (tertiary/aromatic N) is 2. The minimum Gasteiger partial charge on any atom is -0.309 e. The van der Waals surface area contributed by atoms with Gasteiger partial charge >= 0.3 is 0 Å². The van der Waals surface area contributed by atoms with Crippen molar-refractivity contribution in [1.29, 1.82) is 0 Å². The summed E-state index contributed by atoms with van der Waals surface area (Å²) in [6.07, 6.45) is 0. The van der Waals surface area contributed by atoms with Gasteiger partial charge in [0.05, 0.1) is 22.4 Å². The van der Waals surface area contributed by atoms with Gasteiger partial charge in [0.1, 0.15) is 0 Å². The number of aromatic nitrogens is 2. The molecule has 2 heterocycles. The summed E-state index contributed by atoms with van der Waals surface area (Å²) in [5.41, 5.74) is 19.5. The first-order valence-corrected chi connectivity index (χ1v) is 24.4. The van der Waals surface area contributed by atoms with Crippen LogP contribution in [0.1, 0.15) is 25.0 Å². The van der Waals surface area contributed by atoms with Crippen LogP contribution in [0.4, 0.5) is 0 Å². The highest BCUT2D eigenvalue weighted by Crippen LogP contribution is 2.52. The summed E-state index contributed by atoms with van der Waals surface area (Å²) in [4.78, 5) is 5.75. The summed E-state index contributed by atoms with van der Waals surface area (Å²) in [5, 5.41) is 10.0. The monoisotopic (exact) mass is 890 g/mol. The molecular formula is C68H46N2. The predicted octanol–water partition coefficient (Wildman–Crippen LogP) is 18.3. The zero-order chi connectivity index (χ0) is 46.5. The summed E-state index contributed by atoms with van der Waals surface area (Å²) < 4.78 is 2.47. The third kappa shape index (κ3) is 6.23. The van der Waals surface area contributed by atoms with Crippen LogP contribution in [0.3, 0.4) is 0 Å². The maximum absolute atomic E-state index is 5.75. The minimum atomic E-state index is -0.134. The average Bonchev–Trinajstić information content (AvgIpc) is 3.88. The van der Waals surface area contributed by atoms with Gasteiger partial charge < -0.3 is 4.57 Å². The molecule has 2 aromatic heterocycles. The Kier molecular flexibility index (Phi) is 8.97.